The molecule has 2 heteroatoms. The van der Waals surface area contributed by atoms with Gasteiger partial charge < -0.3 is 4.74 Å². The van der Waals surface area contributed by atoms with Crippen LogP contribution in [0.3, 0.4) is 0 Å². The maximum atomic E-state index is 10.9. The van der Waals surface area contributed by atoms with Crippen LogP contribution in [0.1, 0.15) is 40.0 Å². The van der Waals surface area contributed by atoms with Gasteiger partial charge >= 0.3 is 5.97 Å². The number of ether oxygens (including phenoxy) is 1. The summed E-state index contributed by atoms with van der Waals surface area (Å²) in [6.45, 7) is 6.48. The maximum absolute atomic E-state index is 10.9. The smallest absolute Gasteiger partial charge is 0.330 e. The van der Waals surface area contributed by atoms with Gasteiger partial charge in [0.05, 0.1) is 6.61 Å². The second-order valence-corrected chi connectivity index (χ2v) is 3.15. The van der Waals surface area contributed by atoms with Crippen LogP contribution in [0, 0.1) is 0 Å². The molecule has 0 atom stereocenters. The second kappa shape index (κ2) is 8.54. The molecule has 0 saturated carbocycles. The minimum atomic E-state index is -0.246. The summed E-state index contributed by atoms with van der Waals surface area (Å²) < 4.78 is 4.76. The first-order valence-electron chi connectivity index (χ1n) is 5.19. The molecule has 0 unspecified atom stereocenters. The predicted molar refractivity (Wildman–Crippen MR) is 59.1 cm³/mol. The van der Waals surface area contributed by atoms with Crippen LogP contribution in [-0.4, -0.2) is 12.6 Å². The van der Waals surface area contributed by atoms with E-state index in [0.29, 0.717) is 6.61 Å². The van der Waals surface area contributed by atoms with Gasteiger partial charge in [0, 0.05) is 6.08 Å². The zero-order valence-electron chi connectivity index (χ0n) is 9.38. The first-order valence-corrected chi connectivity index (χ1v) is 5.19. The molecule has 0 saturated heterocycles. The van der Waals surface area contributed by atoms with E-state index in [0.717, 1.165) is 19.3 Å². The summed E-state index contributed by atoms with van der Waals surface area (Å²) in [6, 6.07) is 0. The van der Waals surface area contributed by atoms with E-state index in [9.17, 15) is 4.79 Å². The molecular weight excluding hydrogens is 176 g/mol. The predicted octanol–water partition coefficient (Wildman–Crippen LogP) is 3.24. The Bertz CT molecular complexity index is 214. The van der Waals surface area contributed by atoms with Gasteiger partial charge in [-0.05, 0) is 33.1 Å². The molecule has 0 heterocycles. The fraction of sp³-hybridized carbons (Fsp3) is 0.583. The highest BCUT2D eigenvalue weighted by Gasteiger charge is 1.92. The summed E-state index contributed by atoms with van der Waals surface area (Å²) in [6.07, 6.45) is 8.57. The van der Waals surface area contributed by atoms with Crippen molar-refractivity contribution in [3.05, 3.63) is 23.8 Å². The molecular formula is C12H20O2. The van der Waals surface area contributed by atoms with Crippen molar-refractivity contribution in [2.45, 2.75) is 40.0 Å². The lowest BCUT2D eigenvalue weighted by Gasteiger charge is -1.97. The van der Waals surface area contributed by atoms with Crippen LogP contribution in [0.4, 0.5) is 0 Å². The van der Waals surface area contributed by atoms with Crippen molar-refractivity contribution in [2.24, 2.45) is 0 Å². The van der Waals surface area contributed by atoms with Gasteiger partial charge in [-0.3, -0.25) is 0 Å². The monoisotopic (exact) mass is 196 g/mol. The van der Waals surface area contributed by atoms with Crippen molar-refractivity contribution >= 4 is 5.97 Å². The molecule has 0 spiro atoms. The van der Waals surface area contributed by atoms with E-state index in [-0.39, 0.29) is 5.97 Å². The summed E-state index contributed by atoms with van der Waals surface area (Å²) in [4.78, 5) is 10.9. The third kappa shape index (κ3) is 7.59. The molecule has 0 bridgehead atoms. The number of carbonyl (C=O) groups excluding carboxylic acids is 1. The quantitative estimate of drug-likeness (QED) is 0.370. The molecule has 0 aromatic heterocycles. The van der Waals surface area contributed by atoms with Crippen LogP contribution in [-0.2, 0) is 9.53 Å². The molecule has 0 N–H and O–H groups in total. The SMILES string of the molecule is CC/C=C(\C)CC/C=C/C(=O)OCC. The zero-order valence-corrected chi connectivity index (χ0v) is 9.38. The van der Waals surface area contributed by atoms with Crippen LogP contribution in [0.5, 0.6) is 0 Å². The highest BCUT2D eigenvalue weighted by atomic mass is 16.5. The molecule has 0 aliphatic rings. The van der Waals surface area contributed by atoms with E-state index in [2.05, 4.69) is 19.9 Å². The van der Waals surface area contributed by atoms with Crippen molar-refractivity contribution in [1.29, 1.82) is 0 Å². The molecule has 80 valence electrons. The molecule has 0 fully saturated rings. The molecule has 2 nitrogen and oxygen atoms in total. The van der Waals surface area contributed by atoms with Crippen molar-refractivity contribution in [2.75, 3.05) is 6.61 Å². The van der Waals surface area contributed by atoms with E-state index in [4.69, 9.17) is 4.74 Å². The van der Waals surface area contributed by atoms with Gasteiger partial charge in [0.2, 0.25) is 0 Å². The molecule has 14 heavy (non-hydrogen) atoms. The minimum Gasteiger partial charge on any atom is -0.463 e. The molecule has 0 aliphatic carbocycles. The summed E-state index contributed by atoms with van der Waals surface area (Å²) in [5.41, 5.74) is 1.38. The van der Waals surface area contributed by atoms with Gasteiger partial charge in [-0.1, -0.05) is 24.6 Å². The van der Waals surface area contributed by atoms with E-state index in [1.54, 1.807) is 6.92 Å². The Hall–Kier alpha value is -1.05. The van der Waals surface area contributed by atoms with Crippen molar-refractivity contribution in [1.82, 2.24) is 0 Å². The number of esters is 1. The number of rotatable bonds is 6. The van der Waals surface area contributed by atoms with E-state index < -0.39 is 0 Å². The third-order valence-electron chi connectivity index (χ3n) is 1.80. The van der Waals surface area contributed by atoms with Gasteiger partial charge in [-0.2, -0.15) is 0 Å². The Kier molecular flexibility index (Phi) is 7.90. The standard InChI is InChI=1S/C12H20O2/c1-4-8-11(3)9-6-7-10-12(13)14-5-2/h7-8,10H,4-6,9H2,1-3H3/b10-7+,11-8+. The van der Waals surface area contributed by atoms with Gasteiger partial charge in [0.25, 0.3) is 0 Å². The minimum absolute atomic E-state index is 0.246. The molecule has 0 amide bonds. The van der Waals surface area contributed by atoms with Crippen molar-refractivity contribution in [3.63, 3.8) is 0 Å². The molecule has 0 rings (SSSR count). The summed E-state index contributed by atoms with van der Waals surface area (Å²) in [5.74, 6) is -0.246. The maximum Gasteiger partial charge on any atom is 0.330 e. The fourth-order valence-corrected chi connectivity index (χ4v) is 1.13. The van der Waals surface area contributed by atoms with Crippen LogP contribution in [0.15, 0.2) is 23.8 Å². The van der Waals surface area contributed by atoms with Gasteiger partial charge in [-0.25, -0.2) is 4.79 Å². The average Bonchev–Trinajstić information content (AvgIpc) is 2.13. The van der Waals surface area contributed by atoms with Gasteiger partial charge in [0.15, 0.2) is 0 Å². The van der Waals surface area contributed by atoms with Gasteiger partial charge in [-0.15, -0.1) is 0 Å². The number of allylic oxidation sites excluding steroid dienone is 3. The Labute approximate surface area is 86.6 Å². The van der Waals surface area contributed by atoms with E-state index >= 15 is 0 Å². The Morgan fingerprint density at radius 1 is 1.36 bits per heavy atom. The van der Waals surface area contributed by atoms with E-state index in [1.165, 1.54) is 11.6 Å². The van der Waals surface area contributed by atoms with Crippen LogP contribution in [0.25, 0.3) is 0 Å². The average molecular weight is 196 g/mol. The molecule has 0 radical (unpaired) electrons. The van der Waals surface area contributed by atoms with Crippen LogP contribution >= 0.6 is 0 Å². The van der Waals surface area contributed by atoms with Gasteiger partial charge in [0.1, 0.15) is 0 Å². The third-order valence-corrected chi connectivity index (χ3v) is 1.80. The fourth-order valence-electron chi connectivity index (χ4n) is 1.13. The van der Waals surface area contributed by atoms with E-state index in [1.807, 2.05) is 6.08 Å². The van der Waals surface area contributed by atoms with Crippen LogP contribution in [0.2, 0.25) is 0 Å². The summed E-state index contributed by atoms with van der Waals surface area (Å²) in [7, 11) is 0. The summed E-state index contributed by atoms with van der Waals surface area (Å²) in [5, 5.41) is 0. The normalized spacial score (nSPS) is 12.1. The lowest BCUT2D eigenvalue weighted by Crippen LogP contribution is -1.98. The van der Waals surface area contributed by atoms with Crippen molar-refractivity contribution in [3.8, 4) is 0 Å². The molecule has 0 aromatic carbocycles. The Balaban J connectivity index is 3.62. The Morgan fingerprint density at radius 3 is 2.64 bits per heavy atom. The lowest BCUT2D eigenvalue weighted by atomic mass is 10.1. The highest BCUT2D eigenvalue weighted by Crippen LogP contribution is 2.05. The topological polar surface area (TPSA) is 26.3 Å². The lowest BCUT2D eigenvalue weighted by molar-refractivity contribution is -0.137. The first-order chi connectivity index (χ1) is 6.70. The highest BCUT2D eigenvalue weighted by molar-refractivity contribution is 5.81. The Morgan fingerprint density at radius 2 is 2.07 bits per heavy atom. The number of carbonyl (C=O) groups is 1. The van der Waals surface area contributed by atoms with Crippen molar-refractivity contribution < 1.29 is 9.53 Å². The number of hydrogen-bond acceptors (Lipinski definition) is 2. The first kappa shape index (κ1) is 12.9. The molecule has 0 aromatic rings. The summed E-state index contributed by atoms with van der Waals surface area (Å²) >= 11 is 0. The van der Waals surface area contributed by atoms with Crippen LogP contribution < -0.4 is 0 Å². The number of hydrogen-bond donors (Lipinski definition) is 0. The second-order valence-electron chi connectivity index (χ2n) is 3.15. The zero-order chi connectivity index (χ0) is 10.8. The molecule has 0 aliphatic heterocycles. The largest absolute Gasteiger partial charge is 0.463 e.